The number of hydrogen-bond donors (Lipinski definition) is 4. The number of unbranched alkanes of at least 4 members (excludes halogenated alkanes) is 2. The van der Waals surface area contributed by atoms with Gasteiger partial charge in [0.25, 0.3) is 30.4 Å². The predicted octanol–water partition coefficient (Wildman–Crippen LogP) is 6.51. The average molecular weight is 1010 g/mol. The zero-order valence-corrected chi connectivity index (χ0v) is 40.6. The van der Waals surface area contributed by atoms with E-state index in [-0.39, 0.29) is 47.6 Å². The maximum Gasteiger partial charge on any atom is 0.303 e. The molecule has 4 N–H and O–H groups in total. The van der Waals surface area contributed by atoms with Crippen LogP contribution in [0.15, 0.2) is 104 Å². The molecule has 0 bridgehead atoms. The number of carbonyl (C=O) groups is 1. The first kappa shape index (κ1) is 51.5. The molecule has 362 valence electrons. The van der Waals surface area contributed by atoms with Gasteiger partial charge < -0.3 is 24.0 Å². The van der Waals surface area contributed by atoms with Gasteiger partial charge in [-0.15, -0.1) is 0 Å². The summed E-state index contributed by atoms with van der Waals surface area (Å²) in [6, 6.07) is 9.87. The summed E-state index contributed by atoms with van der Waals surface area (Å²) in [4.78, 5) is 10.2. The topological polar surface area (TPSA) is 282 Å². The van der Waals surface area contributed by atoms with Gasteiger partial charge >= 0.3 is 5.97 Å². The van der Waals surface area contributed by atoms with Crippen molar-refractivity contribution in [3.05, 3.63) is 95.7 Å². The second kappa shape index (κ2) is 19.3. The molecule has 6 rings (SSSR count). The molecule has 0 amide bonds. The van der Waals surface area contributed by atoms with Crippen LogP contribution < -0.4 is 4.90 Å². The number of ether oxygens (including phenoxy) is 2. The number of carboxylic acid groups (broad SMARTS) is 1. The summed E-state index contributed by atoms with van der Waals surface area (Å²) in [6.07, 6.45) is 11.0. The molecule has 2 heterocycles. The van der Waals surface area contributed by atoms with E-state index in [1.807, 2.05) is 42.4 Å². The molecule has 0 saturated heterocycles. The third-order valence-corrected chi connectivity index (χ3v) is 16.0. The molecular weight excluding hydrogens is 953 g/mol. The minimum Gasteiger partial charge on any atom is -0.744 e. The molecule has 18 nitrogen and oxygen atoms in total. The van der Waals surface area contributed by atoms with Crippen molar-refractivity contribution < 1.29 is 75.8 Å². The number of hydrogen-bond acceptors (Lipinski definition) is 13. The first-order valence-electron chi connectivity index (χ1n) is 21.0. The van der Waals surface area contributed by atoms with Gasteiger partial charge in [-0.3, -0.25) is 18.5 Å². The van der Waals surface area contributed by atoms with Crippen molar-refractivity contribution in [2.45, 2.75) is 89.7 Å². The summed E-state index contributed by atoms with van der Waals surface area (Å²) in [6.45, 7) is 6.84. The van der Waals surface area contributed by atoms with Crippen LogP contribution in [0.4, 0.5) is 11.4 Å². The summed E-state index contributed by atoms with van der Waals surface area (Å²) in [5.41, 5.74) is 1.62. The molecule has 0 fully saturated rings. The number of rotatable bonds is 20. The highest BCUT2D eigenvalue weighted by atomic mass is 32.2. The zero-order valence-electron chi connectivity index (χ0n) is 37.3. The van der Waals surface area contributed by atoms with Crippen LogP contribution in [-0.4, -0.2) is 114 Å². The van der Waals surface area contributed by atoms with E-state index in [1.165, 1.54) is 32.4 Å². The summed E-state index contributed by atoms with van der Waals surface area (Å²) in [7, 11) is -17.1. The zero-order chi connectivity index (χ0) is 49.5. The Morgan fingerprint density at radius 1 is 0.716 bits per heavy atom. The maximum absolute atomic E-state index is 12.6. The lowest BCUT2D eigenvalue weighted by molar-refractivity contribution is -0.433. The van der Waals surface area contributed by atoms with Crippen LogP contribution in [0.25, 0.3) is 21.5 Å². The molecule has 0 spiro atoms. The van der Waals surface area contributed by atoms with Crippen LogP contribution in [0.5, 0.6) is 0 Å². The summed E-state index contributed by atoms with van der Waals surface area (Å²) in [5.74, 6) is -0.936. The number of methoxy groups -OCH3 is 2. The van der Waals surface area contributed by atoms with Gasteiger partial charge in [-0.25, -0.2) is 8.42 Å². The highest BCUT2D eigenvalue weighted by Crippen LogP contribution is 2.54. The number of anilines is 1. The Kier molecular flexibility index (Phi) is 14.8. The van der Waals surface area contributed by atoms with Crippen molar-refractivity contribution in [1.82, 2.24) is 0 Å². The monoisotopic (exact) mass is 1000 g/mol. The fraction of sp³-hybridized carbons (Fsp3) is 0.378. The highest BCUT2D eigenvalue weighted by molar-refractivity contribution is 7.87. The van der Waals surface area contributed by atoms with Crippen LogP contribution in [0, 0.1) is 0 Å². The minimum atomic E-state index is -5.26. The fourth-order valence-electron chi connectivity index (χ4n) is 9.49. The number of fused-ring (bicyclic) bond motifs is 6. The third-order valence-electron chi connectivity index (χ3n) is 12.6. The SMILES string of the molecule is CC[N+]1=C(/C=C/C=C/C=C2/N(CCCCCC(=O)O)c3ccc4c(S(=O)(=O)[O-])cc(S(=O)(=O)O)cc4c3C2(C)CCOC)C(C)(CCOC)c2c1ccc1c(S(=O)(=O)O)cc(S(=O)(=O)O)cc21. The van der Waals surface area contributed by atoms with E-state index in [0.717, 1.165) is 11.8 Å². The number of nitrogens with zero attached hydrogens (tertiary/aromatic N) is 2. The molecular formula is C45H52N2O16S4. The molecule has 2 unspecified atom stereocenters. The lowest BCUT2D eigenvalue weighted by atomic mass is 9.75. The number of allylic oxidation sites excluding steroid dienone is 6. The van der Waals surface area contributed by atoms with E-state index in [9.17, 15) is 61.8 Å². The fourth-order valence-corrected chi connectivity index (χ4v) is 12.2. The lowest BCUT2D eigenvalue weighted by Gasteiger charge is -2.30. The first-order valence-corrected chi connectivity index (χ1v) is 26.8. The van der Waals surface area contributed by atoms with Gasteiger partial charge in [-0.05, 0) is 111 Å². The van der Waals surface area contributed by atoms with Crippen LogP contribution >= 0.6 is 0 Å². The van der Waals surface area contributed by atoms with Gasteiger partial charge in [0, 0.05) is 80.3 Å². The Labute approximate surface area is 389 Å². The number of carboxylic acids is 1. The Bertz CT molecular complexity index is 3250. The van der Waals surface area contributed by atoms with Crippen LogP contribution in [0.1, 0.15) is 70.4 Å². The molecule has 0 aliphatic carbocycles. The molecule has 0 saturated carbocycles. The standard InChI is InChI=1S/C45H52N2O16S4/c1-6-46-35-18-16-31-33(25-29(64(50,51)52)27-37(31)66(56,57)58)42(35)44(2,20-23-62-4)39(46)13-9-7-10-14-40-45(3,21-24-63-5)43-34-26-30(65(53,54)55)28-38(67(59,60)61)32(34)17-19-36(43)47(40)22-12-8-11-15-41(48)49/h7,9-10,13-14,16-19,25-28H,6,8,11-12,15,20-24H2,1-5H3,(H4-,48,49,50,51,52,53,54,55,56,57,58,59,60,61). The lowest BCUT2D eigenvalue weighted by Crippen LogP contribution is -2.32. The van der Waals surface area contributed by atoms with Crippen LogP contribution in [0.2, 0.25) is 0 Å². The Morgan fingerprint density at radius 3 is 1.84 bits per heavy atom. The van der Waals surface area contributed by atoms with E-state index in [4.69, 9.17) is 9.47 Å². The summed E-state index contributed by atoms with van der Waals surface area (Å²) < 4.78 is 156. The van der Waals surface area contributed by atoms with E-state index < -0.39 is 76.9 Å². The molecule has 2 aliphatic heterocycles. The van der Waals surface area contributed by atoms with E-state index >= 15 is 0 Å². The van der Waals surface area contributed by atoms with Crippen LogP contribution in [-0.2, 0) is 65.6 Å². The second-order valence-corrected chi connectivity index (χ2v) is 22.3. The van der Waals surface area contributed by atoms with Gasteiger partial charge in [0.2, 0.25) is 5.69 Å². The molecule has 4 aromatic rings. The Balaban J connectivity index is 1.52. The van der Waals surface area contributed by atoms with Crippen molar-refractivity contribution >= 4 is 85.1 Å². The van der Waals surface area contributed by atoms with Gasteiger partial charge in [0.15, 0.2) is 5.71 Å². The van der Waals surface area contributed by atoms with E-state index in [2.05, 4.69) is 0 Å². The maximum atomic E-state index is 12.6. The largest absolute Gasteiger partial charge is 0.744 e. The van der Waals surface area contributed by atoms with E-state index in [0.29, 0.717) is 79.1 Å². The van der Waals surface area contributed by atoms with Gasteiger partial charge in [-0.2, -0.15) is 29.8 Å². The Morgan fingerprint density at radius 2 is 1.28 bits per heavy atom. The van der Waals surface area contributed by atoms with Crippen molar-refractivity contribution in [3.63, 3.8) is 0 Å². The third kappa shape index (κ3) is 10.1. The second-order valence-electron chi connectivity index (χ2n) is 16.8. The van der Waals surface area contributed by atoms with E-state index in [1.54, 1.807) is 30.4 Å². The predicted molar refractivity (Wildman–Crippen MR) is 248 cm³/mol. The number of benzene rings is 4. The molecule has 0 radical (unpaired) electrons. The normalized spacial score (nSPS) is 19.8. The van der Waals surface area contributed by atoms with Gasteiger partial charge in [0.1, 0.15) is 21.6 Å². The summed E-state index contributed by atoms with van der Waals surface area (Å²) in [5, 5.41) is 9.51. The quantitative estimate of drug-likeness (QED) is 0.0318. The molecule has 0 aromatic heterocycles. The molecule has 2 atom stereocenters. The molecule has 22 heteroatoms. The first-order chi connectivity index (χ1) is 31.2. The summed E-state index contributed by atoms with van der Waals surface area (Å²) >= 11 is 0. The smallest absolute Gasteiger partial charge is 0.303 e. The van der Waals surface area contributed by atoms with Crippen molar-refractivity contribution in [1.29, 1.82) is 0 Å². The average Bonchev–Trinajstić information content (AvgIpc) is 3.63. The molecule has 67 heavy (non-hydrogen) atoms. The van der Waals surface area contributed by atoms with Crippen LogP contribution in [0.3, 0.4) is 0 Å². The molecule has 4 aromatic carbocycles. The van der Waals surface area contributed by atoms with Crippen molar-refractivity contribution in [2.75, 3.05) is 45.4 Å². The minimum absolute atomic E-state index is 0.0348. The van der Waals surface area contributed by atoms with Crippen molar-refractivity contribution in [2.24, 2.45) is 0 Å². The van der Waals surface area contributed by atoms with Gasteiger partial charge in [0.05, 0.1) is 20.1 Å². The van der Waals surface area contributed by atoms with Crippen molar-refractivity contribution in [3.8, 4) is 0 Å². The van der Waals surface area contributed by atoms with Gasteiger partial charge in [-0.1, -0.05) is 30.7 Å². The Hall–Kier alpha value is -4.88. The highest BCUT2D eigenvalue weighted by Gasteiger charge is 2.49. The molecule has 2 aliphatic rings. The number of aliphatic carboxylic acids is 1.